The lowest BCUT2D eigenvalue weighted by molar-refractivity contribution is -0.162. The lowest BCUT2D eigenvalue weighted by Crippen LogP contribution is -2.50. The SMILES string of the molecule is C=CC(O)(C(CC)C(=O)OCC)C(C)(C)C. The molecule has 0 aliphatic carbocycles. The number of esters is 1. The molecule has 0 rings (SSSR count). The molecule has 94 valence electrons. The minimum absolute atomic E-state index is 0.326. The molecule has 0 aromatic carbocycles. The molecule has 2 atom stereocenters. The van der Waals surface area contributed by atoms with E-state index in [9.17, 15) is 9.90 Å². The number of carbonyl (C=O) groups excluding carboxylic acids is 1. The fraction of sp³-hybridized carbons (Fsp3) is 0.769. The molecule has 0 radical (unpaired) electrons. The van der Waals surface area contributed by atoms with E-state index in [2.05, 4.69) is 6.58 Å². The van der Waals surface area contributed by atoms with Crippen molar-refractivity contribution in [1.29, 1.82) is 0 Å². The van der Waals surface area contributed by atoms with Gasteiger partial charge in [0.25, 0.3) is 0 Å². The first-order valence-electron chi connectivity index (χ1n) is 5.77. The number of ether oxygens (including phenoxy) is 1. The molecule has 0 amide bonds. The summed E-state index contributed by atoms with van der Waals surface area (Å²) in [5.41, 5.74) is -1.70. The summed E-state index contributed by atoms with van der Waals surface area (Å²) in [6, 6.07) is 0. The summed E-state index contributed by atoms with van der Waals surface area (Å²) >= 11 is 0. The van der Waals surface area contributed by atoms with Crippen LogP contribution in [0.25, 0.3) is 0 Å². The second-order valence-electron chi connectivity index (χ2n) is 4.99. The minimum Gasteiger partial charge on any atom is -0.466 e. The monoisotopic (exact) mass is 228 g/mol. The Balaban J connectivity index is 5.18. The smallest absolute Gasteiger partial charge is 0.312 e. The van der Waals surface area contributed by atoms with Gasteiger partial charge in [0.1, 0.15) is 5.60 Å². The van der Waals surface area contributed by atoms with Gasteiger partial charge in [0.05, 0.1) is 12.5 Å². The van der Waals surface area contributed by atoms with Crippen LogP contribution in [-0.4, -0.2) is 23.3 Å². The van der Waals surface area contributed by atoms with Crippen LogP contribution in [0.15, 0.2) is 12.7 Å². The summed E-state index contributed by atoms with van der Waals surface area (Å²) in [5, 5.41) is 10.6. The van der Waals surface area contributed by atoms with Crippen LogP contribution in [0, 0.1) is 11.3 Å². The zero-order valence-electron chi connectivity index (χ0n) is 11.0. The fourth-order valence-corrected chi connectivity index (χ4v) is 1.87. The number of aliphatic hydroxyl groups is 1. The van der Waals surface area contributed by atoms with Crippen LogP contribution in [0.3, 0.4) is 0 Å². The number of hydrogen-bond acceptors (Lipinski definition) is 3. The molecule has 3 nitrogen and oxygen atoms in total. The van der Waals surface area contributed by atoms with Crippen molar-refractivity contribution < 1.29 is 14.6 Å². The van der Waals surface area contributed by atoms with Crippen LogP contribution in [-0.2, 0) is 9.53 Å². The molecule has 0 aliphatic rings. The van der Waals surface area contributed by atoms with Crippen molar-refractivity contribution in [2.75, 3.05) is 6.61 Å². The first-order chi connectivity index (χ1) is 7.24. The number of hydrogen-bond donors (Lipinski definition) is 1. The molecule has 0 saturated carbocycles. The molecule has 0 fully saturated rings. The molecule has 0 spiro atoms. The van der Waals surface area contributed by atoms with Gasteiger partial charge >= 0.3 is 5.97 Å². The Kier molecular flexibility index (Phi) is 5.20. The molecule has 0 aromatic heterocycles. The van der Waals surface area contributed by atoms with Gasteiger partial charge in [0.2, 0.25) is 0 Å². The summed E-state index contributed by atoms with van der Waals surface area (Å²) in [6.07, 6.45) is 1.98. The van der Waals surface area contributed by atoms with Crippen LogP contribution in [0.1, 0.15) is 41.0 Å². The molecule has 0 aromatic rings. The highest BCUT2D eigenvalue weighted by molar-refractivity contribution is 5.74. The molecular formula is C13H24O3. The Labute approximate surface area is 98.5 Å². The normalized spacial score (nSPS) is 17.4. The fourth-order valence-electron chi connectivity index (χ4n) is 1.87. The largest absolute Gasteiger partial charge is 0.466 e. The lowest BCUT2D eigenvalue weighted by Gasteiger charge is -2.42. The summed E-state index contributed by atoms with van der Waals surface area (Å²) in [5.74, 6) is -0.924. The molecule has 0 heterocycles. The topological polar surface area (TPSA) is 46.5 Å². The highest BCUT2D eigenvalue weighted by atomic mass is 16.5. The molecule has 1 N–H and O–H groups in total. The van der Waals surface area contributed by atoms with Crippen molar-refractivity contribution in [3.63, 3.8) is 0 Å². The Morgan fingerprint density at radius 2 is 1.94 bits per heavy atom. The first-order valence-corrected chi connectivity index (χ1v) is 5.77. The molecule has 0 aliphatic heterocycles. The molecule has 0 bridgehead atoms. The van der Waals surface area contributed by atoms with E-state index in [-0.39, 0.29) is 5.97 Å². The molecule has 16 heavy (non-hydrogen) atoms. The van der Waals surface area contributed by atoms with Gasteiger partial charge < -0.3 is 9.84 Å². The second-order valence-corrected chi connectivity index (χ2v) is 4.99. The van der Waals surface area contributed by atoms with Gasteiger partial charge in [0, 0.05) is 0 Å². The van der Waals surface area contributed by atoms with E-state index in [0.717, 1.165) is 0 Å². The van der Waals surface area contributed by atoms with Crippen molar-refractivity contribution >= 4 is 5.97 Å². The van der Waals surface area contributed by atoms with E-state index in [1.54, 1.807) is 6.92 Å². The van der Waals surface area contributed by atoms with Gasteiger partial charge in [-0.25, -0.2) is 0 Å². The van der Waals surface area contributed by atoms with E-state index in [1.807, 2.05) is 27.7 Å². The zero-order chi connectivity index (χ0) is 13.0. The maximum atomic E-state index is 11.8. The van der Waals surface area contributed by atoms with Crippen LogP contribution in [0.2, 0.25) is 0 Å². The van der Waals surface area contributed by atoms with Crippen molar-refractivity contribution in [2.24, 2.45) is 11.3 Å². The standard InChI is InChI=1S/C13H24O3/c1-7-10(11(14)16-9-3)13(15,8-2)12(4,5)6/h8,10,15H,2,7,9H2,1,3-6H3. The van der Waals surface area contributed by atoms with E-state index in [4.69, 9.17) is 4.74 Å². The van der Waals surface area contributed by atoms with Gasteiger partial charge in [-0.1, -0.05) is 33.8 Å². The average molecular weight is 228 g/mol. The van der Waals surface area contributed by atoms with Crippen LogP contribution >= 0.6 is 0 Å². The van der Waals surface area contributed by atoms with Gasteiger partial charge in [-0.3, -0.25) is 4.79 Å². The third-order valence-electron chi connectivity index (χ3n) is 3.02. The summed E-state index contributed by atoms with van der Waals surface area (Å²) in [4.78, 5) is 11.8. The Bertz CT molecular complexity index is 252. The van der Waals surface area contributed by atoms with Crippen molar-refractivity contribution in [2.45, 2.75) is 46.6 Å². The molecule has 3 heteroatoms. The maximum absolute atomic E-state index is 11.8. The van der Waals surface area contributed by atoms with Gasteiger partial charge in [0.15, 0.2) is 0 Å². The first kappa shape index (κ1) is 15.2. The van der Waals surface area contributed by atoms with Crippen LogP contribution in [0.4, 0.5) is 0 Å². The molecule has 2 unspecified atom stereocenters. The van der Waals surface area contributed by atoms with Crippen molar-refractivity contribution in [3.8, 4) is 0 Å². The predicted molar refractivity (Wildman–Crippen MR) is 65.0 cm³/mol. The van der Waals surface area contributed by atoms with E-state index < -0.39 is 16.9 Å². The summed E-state index contributed by atoms with van der Waals surface area (Å²) < 4.78 is 4.99. The van der Waals surface area contributed by atoms with Gasteiger partial charge in [-0.15, -0.1) is 6.58 Å². The average Bonchev–Trinajstić information content (AvgIpc) is 2.17. The van der Waals surface area contributed by atoms with Gasteiger partial charge in [-0.2, -0.15) is 0 Å². The third kappa shape index (κ3) is 2.85. The maximum Gasteiger partial charge on any atom is 0.312 e. The van der Waals surface area contributed by atoms with E-state index in [1.165, 1.54) is 6.08 Å². The van der Waals surface area contributed by atoms with Crippen molar-refractivity contribution in [1.82, 2.24) is 0 Å². The highest BCUT2D eigenvalue weighted by Crippen LogP contribution is 2.39. The minimum atomic E-state index is -1.24. The van der Waals surface area contributed by atoms with Crippen LogP contribution < -0.4 is 0 Å². The Morgan fingerprint density at radius 1 is 1.44 bits per heavy atom. The zero-order valence-corrected chi connectivity index (χ0v) is 11.0. The van der Waals surface area contributed by atoms with E-state index in [0.29, 0.717) is 13.0 Å². The predicted octanol–water partition coefficient (Wildman–Crippen LogP) is 2.54. The Morgan fingerprint density at radius 3 is 2.19 bits per heavy atom. The number of carbonyl (C=O) groups is 1. The van der Waals surface area contributed by atoms with Crippen molar-refractivity contribution in [3.05, 3.63) is 12.7 Å². The highest BCUT2D eigenvalue weighted by Gasteiger charge is 2.47. The third-order valence-corrected chi connectivity index (χ3v) is 3.02. The second kappa shape index (κ2) is 5.48. The van der Waals surface area contributed by atoms with E-state index >= 15 is 0 Å². The summed E-state index contributed by atoms with van der Waals surface area (Å²) in [7, 11) is 0. The Hall–Kier alpha value is -0.830. The molecule has 0 saturated heterocycles. The molecular weight excluding hydrogens is 204 g/mol. The summed E-state index contributed by atoms with van der Waals surface area (Å²) in [6.45, 7) is 13.3. The quantitative estimate of drug-likeness (QED) is 0.581. The van der Waals surface area contributed by atoms with Gasteiger partial charge in [-0.05, 0) is 18.8 Å². The van der Waals surface area contributed by atoms with Crippen LogP contribution in [0.5, 0.6) is 0 Å². The number of rotatable bonds is 5. The lowest BCUT2D eigenvalue weighted by atomic mass is 9.68.